The van der Waals surface area contributed by atoms with E-state index in [9.17, 15) is 29.4 Å². The van der Waals surface area contributed by atoms with Crippen LogP contribution in [0.25, 0.3) is 0 Å². The first-order valence-corrected chi connectivity index (χ1v) is 17.6. The van der Waals surface area contributed by atoms with Gasteiger partial charge in [-0.3, -0.25) is 19.2 Å². The van der Waals surface area contributed by atoms with Crippen LogP contribution in [0.15, 0.2) is 48.5 Å². The van der Waals surface area contributed by atoms with Crippen molar-refractivity contribution in [1.82, 2.24) is 26.2 Å². The van der Waals surface area contributed by atoms with Gasteiger partial charge in [-0.05, 0) is 72.9 Å². The van der Waals surface area contributed by atoms with Crippen molar-refractivity contribution in [3.63, 3.8) is 0 Å². The van der Waals surface area contributed by atoms with Crippen molar-refractivity contribution in [2.45, 2.75) is 96.5 Å². The van der Waals surface area contributed by atoms with Crippen LogP contribution >= 0.6 is 0 Å². The number of aliphatic hydroxyl groups is 1. The minimum absolute atomic E-state index is 0.0580. The highest BCUT2D eigenvalue weighted by Crippen LogP contribution is 2.21. The van der Waals surface area contributed by atoms with Crippen LogP contribution in [0.5, 0.6) is 11.5 Å². The van der Waals surface area contributed by atoms with Crippen molar-refractivity contribution in [2.75, 3.05) is 26.2 Å². The standard InChI is InChI=1S/C37H53N5O7/c1-5-24(4)33-36(47)38-17-7-19-49-28-15-11-26(12-16-28)21-30(35(46)41-33)39-22-31(44)29(20-25-9-13-27(43)14-10-25)40-37(48)34(23(2)3)42-18-6-8-32(42)45/h9-16,23-24,29-31,33-34,39,43-44H,5-8,17-22H2,1-4H3,(H,38,47)(H,40,48)(H,41,46)/t24?,29-,30-,31+,33-,34-/m0/s1. The third kappa shape index (κ3) is 10.7. The maximum absolute atomic E-state index is 13.9. The van der Waals surface area contributed by atoms with Gasteiger partial charge in [-0.25, -0.2) is 0 Å². The van der Waals surface area contributed by atoms with Gasteiger partial charge in [0.25, 0.3) is 0 Å². The third-order valence-electron chi connectivity index (χ3n) is 9.47. The number of likely N-dealkylation sites (tertiary alicyclic amines) is 1. The molecule has 0 saturated carbocycles. The lowest BCUT2D eigenvalue weighted by Crippen LogP contribution is -2.59. The average Bonchev–Trinajstić information content (AvgIpc) is 3.49. The fourth-order valence-electron chi connectivity index (χ4n) is 6.36. The zero-order valence-electron chi connectivity index (χ0n) is 29.1. The molecule has 268 valence electrons. The van der Waals surface area contributed by atoms with E-state index in [1.54, 1.807) is 29.2 Å². The SMILES string of the molecule is CCC(C)[C@@H]1NC(=O)[C@@H](NC[C@@H](O)[C@H](Cc2ccc(O)cc2)NC(=O)[C@H](C(C)C)N2CCCC2=O)Cc2ccc(cc2)OCCCNC1=O. The van der Waals surface area contributed by atoms with Gasteiger partial charge in [0, 0.05) is 26.1 Å². The average molecular weight is 680 g/mol. The number of benzene rings is 2. The molecule has 5 rings (SSSR count). The Morgan fingerprint density at radius 2 is 1.73 bits per heavy atom. The molecule has 0 spiro atoms. The number of amides is 4. The first kappa shape index (κ1) is 37.7. The summed E-state index contributed by atoms with van der Waals surface area (Å²) in [5, 5.41) is 33.6. The number of fused-ring (bicyclic) bond motifs is 12. The minimum Gasteiger partial charge on any atom is -0.508 e. The number of hydrogen-bond acceptors (Lipinski definition) is 8. The Kier molecular flexibility index (Phi) is 13.8. The molecule has 6 N–H and O–H groups in total. The van der Waals surface area contributed by atoms with Gasteiger partial charge < -0.3 is 41.1 Å². The van der Waals surface area contributed by atoms with Crippen molar-refractivity contribution in [1.29, 1.82) is 0 Å². The molecule has 3 aliphatic rings. The van der Waals surface area contributed by atoms with Crippen molar-refractivity contribution in [3.8, 4) is 11.5 Å². The van der Waals surface area contributed by atoms with Crippen molar-refractivity contribution < 1.29 is 34.1 Å². The van der Waals surface area contributed by atoms with E-state index in [-0.39, 0.29) is 60.6 Å². The smallest absolute Gasteiger partial charge is 0.243 e. The summed E-state index contributed by atoms with van der Waals surface area (Å²) in [4.78, 5) is 55.0. The topological polar surface area (TPSA) is 169 Å². The molecule has 2 aromatic rings. The molecule has 3 aliphatic heterocycles. The lowest BCUT2D eigenvalue weighted by Gasteiger charge is -2.33. The predicted molar refractivity (Wildman–Crippen MR) is 186 cm³/mol. The van der Waals surface area contributed by atoms with E-state index in [0.717, 1.165) is 11.1 Å². The monoisotopic (exact) mass is 679 g/mol. The number of rotatable bonds is 12. The summed E-state index contributed by atoms with van der Waals surface area (Å²) in [5.74, 6) is -0.555. The summed E-state index contributed by atoms with van der Waals surface area (Å²) in [6.45, 7) is 8.96. The van der Waals surface area contributed by atoms with Gasteiger partial charge in [-0.2, -0.15) is 0 Å². The van der Waals surface area contributed by atoms with Crippen molar-refractivity contribution in [3.05, 3.63) is 59.7 Å². The van der Waals surface area contributed by atoms with Crippen molar-refractivity contribution in [2.24, 2.45) is 11.8 Å². The first-order valence-electron chi connectivity index (χ1n) is 17.6. The molecule has 2 aromatic carbocycles. The largest absolute Gasteiger partial charge is 0.508 e. The van der Waals surface area contributed by atoms with Gasteiger partial charge in [0.15, 0.2) is 0 Å². The second kappa shape index (κ2) is 18.0. The number of ether oxygens (including phenoxy) is 1. The Balaban J connectivity index is 1.56. The molecule has 1 unspecified atom stereocenters. The van der Waals surface area contributed by atoms with Crippen LogP contribution in [0.3, 0.4) is 0 Å². The van der Waals surface area contributed by atoms with Crippen LogP contribution < -0.4 is 26.0 Å². The third-order valence-corrected chi connectivity index (χ3v) is 9.47. The van der Waals surface area contributed by atoms with E-state index >= 15 is 0 Å². The summed E-state index contributed by atoms with van der Waals surface area (Å²) >= 11 is 0. The van der Waals surface area contributed by atoms with Gasteiger partial charge in [0.2, 0.25) is 23.6 Å². The van der Waals surface area contributed by atoms with Gasteiger partial charge in [-0.15, -0.1) is 0 Å². The summed E-state index contributed by atoms with van der Waals surface area (Å²) in [6.07, 6.45) is 1.76. The molecular weight excluding hydrogens is 626 g/mol. The Labute approximate surface area is 289 Å². The molecule has 4 amide bonds. The number of aliphatic hydroxyl groups excluding tert-OH is 1. The summed E-state index contributed by atoms with van der Waals surface area (Å²) in [6, 6.07) is 11.0. The Morgan fingerprint density at radius 1 is 1.02 bits per heavy atom. The molecule has 49 heavy (non-hydrogen) atoms. The zero-order chi connectivity index (χ0) is 35.5. The number of carbonyl (C=O) groups is 4. The lowest BCUT2D eigenvalue weighted by atomic mass is 9.96. The van der Waals surface area contributed by atoms with E-state index in [2.05, 4.69) is 21.3 Å². The fraction of sp³-hybridized carbons (Fsp3) is 0.568. The molecule has 12 heteroatoms. The molecule has 3 heterocycles. The van der Waals surface area contributed by atoms with Gasteiger partial charge in [-0.1, -0.05) is 58.4 Å². The highest BCUT2D eigenvalue weighted by atomic mass is 16.5. The van der Waals surface area contributed by atoms with E-state index in [4.69, 9.17) is 4.74 Å². The quantitative estimate of drug-likeness (QED) is 0.198. The molecule has 6 atom stereocenters. The van der Waals surface area contributed by atoms with E-state index < -0.39 is 30.3 Å². The van der Waals surface area contributed by atoms with Gasteiger partial charge in [0.05, 0.1) is 24.8 Å². The number of nitrogens with zero attached hydrogens (tertiary/aromatic N) is 1. The molecule has 0 radical (unpaired) electrons. The highest BCUT2D eigenvalue weighted by molar-refractivity contribution is 5.90. The molecule has 0 aromatic heterocycles. The van der Waals surface area contributed by atoms with Crippen LogP contribution in [0.4, 0.5) is 0 Å². The van der Waals surface area contributed by atoms with Crippen LogP contribution in [0.2, 0.25) is 0 Å². The van der Waals surface area contributed by atoms with Crippen molar-refractivity contribution >= 4 is 23.6 Å². The van der Waals surface area contributed by atoms with Crippen LogP contribution in [-0.2, 0) is 32.0 Å². The number of nitrogens with one attached hydrogen (secondary N) is 4. The summed E-state index contributed by atoms with van der Waals surface area (Å²) in [5.41, 5.74) is 1.63. The van der Waals surface area contributed by atoms with Crippen LogP contribution in [0, 0.1) is 11.8 Å². The Hall–Kier alpha value is -4.16. The highest BCUT2D eigenvalue weighted by Gasteiger charge is 2.37. The molecular formula is C37H53N5O7. The molecule has 2 bridgehead atoms. The second-order valence-corrected chi connectivity index (χ2v) is 13.6. The van der Waals surface area contributed by atoms with E-state index in [1.807, 2.05) is 52.0 Å². The number of aromatic hydroxyl groups is 1. The van der Waals surface area contributed by atoms with E-state index in [1.165, 1.54) is 0 Å². The fourth-order valence-corrected chi connectivity index (χ4v) is 6.36. The maximum atomic E-state index is 13.9. The number of phenols is 1. The lowest BCUT2D eigenvalue weighted by molar-refractivity contribution is -0.139. The second-order valence-electron chi connectivity index (χ2n) is 13.6. The molecule has 1 fully saturated rings. The predicted octanol–water partition coefficient (Wildman–Crippen LogP) is 2.06. The van der Waals surface area contributed by atoms with Gasteiger partial charge >= 0.3 is 0 Å². The number of carbonyl (C=O) groups excluding carboxylic acids is 4. The van der Waals surface area contributed by atoms with Crippen LogP contribution in [0.1, 0.15) is 64.5 Å². The zero-order valence-corrected chi connectivity index (χ0v) is 29.1. The summed E-state index contributed by atoms with van der Waals surface area (Å²) < 4.78 is 5.82. The Morgan fingerprint density at radius 3 is 2.37 bits per heavy atom. The maximum Gasteiger partial charge on any atom is 0.243 e. The molecule has 12 nitrogen and oxygen atoms in total. The number of phenolic OH excluding ortho intramolecular Hbond substituents is 1. The number of hydrogen-bond donors (Lipinski definition) is 6. The van der Waals surface area contributed by atoms with Gasteiger partial charge in [0.1, 0.15) is 23.6 Å². The van der Waals surface area contributed by atoms with Crippen LogP contribution in [-0.4, -0.2) is 95.3 Å². The normalized spacial score (nSPS) is 21.5. The Bertz CT molecular complexity index is 1400. The first-order chi connectivity index (χ1) is 23.5. The molecule has 0 aliphatic carbocycles. The minimum atomic E-state index is -1.14. The summed E-state index contributed by atoms with van der Waals surface area (Å²) in [7, 11) is 0. The van der Waals surface area contributed by atoms with E-state index in [0.29, 0.717) is 51.1 Å². The molecule has 1 saturated heterocycles.